The predicted molar refractivity (Wildman–Crippen MR) is 65.2 cm³/mol. The van der Waals surface area contributed by atoms with Gasteiger partial charge in [-0.1, -0.05) is 6.42 Å². The molecule has 0 aromatic carbocycles. The van der Waals surface area contributed by atoms with E-state index in [1.165, 1.54) is 6.42 Å². The minimum Gasteiger partial charge on any atom is -0.365 e. The van der Waals surface area contributed by atoms with Crippen molar-refractivity contribution in [2.24, 2.45) is 0 Å². The van der Waals surface area contributed by atoms with Crippen molar-refractivity contribution in [3.8, 4) is 0 Å². The fraction of sp³-hybridized carbons (Fsp3) is 0.750. The molecule has 2 N–H and O–H groups in total. The van der Waals surface area contributed by atoms with E-state index in [-0.39, 0.29) is 18.1 Å². The van der Waals surface area contributed by atoms with E-state index in [0.29, 0.717) is 11.9 Å². The average Bonchev–Trinajstić information content (AvgIpc) is 2.85. The molecule has 1 saturated heterocycles. The van der Waals surface area contributed by atoms with Crippen LogP contribution in [0.1, 0.15) is 50.8 Å². The first-order chi connectivity index (χ1) is 8.72. The number of rotatable bonds is 3. The zero-order valence-electron chi connectivity index (χ0n) is 10.5. The van der Waals surface area contributed by atoms with Crippen LogP contribution in [0.3, 0.4) is 0 Å². The van der Waals surface area contributed by atoms with Crippen molar-refractivity contribution in [1.82, 2.24) is 15.2 Å². The fourth-order valence-corrected chi connectivity index (χ4v) is 2.38. The Morgan fingerprint density at radius 3 is 2.83 bits per heavy atom. The van der Waals surface area contributed by atoms with E-state index in [1.807, 2.05) is 6.92 Å². The van der Waals surface area contributed by atoms with Gasteiger partial charge in [0.25, 0.3) is 5.91 Å². The highest BCUT2D eigenvalue weighted by Gasteiger charge is 2.29. The molecule has 0 unspecified atom stereocenters. The molecule has 2 heterocycles. The number of anilines is 1. The highest BCUT2D eigenvalue weighted by atomic mass is 16.5. The summed E-state index contributed by atoms with van der Waals surface area (Å²) in [7, 11) is 0. The molecular formula is C12H18N4O2. The third-order valence-electron chi connectivity index (χ3n) is 3.75. The van der Waals surface area contributed by atoms with Gasteiger partial charge in [0.1, 0.15) is 11.9 Å². The second kappa shape index (κ2) is 4.68. The van der Waals surface area contributed by atoms with Crippen LogP contribution in [0.4, 0.5) is 5.95 Å². The summed E-state index contributed by atoms with van der Waals surface area (Å²) in [5.41, 5.74) is 0. The Balaban J connectivity index is 1.58. The highest BCUT2D eigenvalue weighted by molar-refractivity contribution is 5.92. The maximum atomic E-state index is 11.9. The van der Waals surface area contributed by atoms with E-state index in [9.17, 15) is 4.79 Å². The molecule has 2 aliphatic rings. The summed E-state index contributed by atoms with van der Waals surface area (Å²) in [5, 5.41) is 9.63. The lowest BCUT2D eigenvalue weighted by molar-refractivity contribution is -0.126. The molecule has 6 heteroatoms. The number of H-pyrrole nitrogens is 1. The number of nitrogens with zero attached hydrogens (tertiary/aromatic N) is 2. The van der Waals surface area contributed by atoms with E-state index in [2.05, 4.69) is 20.5 Å². The number of nitrogens with one attached hydrogen (secondary N) is 2. The van der Waals surface area contributed by atoms with E-state index in [0.717, 1.165) is 31.5 Å². The van der Waals surface area contributed by atoms with Crippen molar-refractivity contribution < 1.29 is 9.53 Å². The first-order valence-corrected chi connectivity index (χ1v) is 6.61. The number of amides is 1. The van der Waals surface area contributed by atoms with Crippen molar-refractivity contribution in [1.29, 1.82) is 0 Å². The zero-order valence-corrected chi connectivity index (χ0v) is 10.5. The lowest BCUT2D eigenvalue weighted by Gasteiger charge is -2.22. The summed E-state index contributed by atoms with van der Waals surface area (Å²) in [5.74, 6) is 1.60. The molecule has 98 valence electrons. The van der Waals surface area contributed by atoms with Gasteiger partial charge in [0.05, 0.1) is 6.10 Å². The normalized spacial score (nSPS) is 28.1. The SMILES string of the molecule is C[C@@H]1CC[C@H](C(=O)Nc2n[nH]c(C3CCC3)n2)O1. The molecule has 1 aliphatic carbocycles. The summed E-state index contributed by atoms with van der Waals surface area (Å²) in [4.78, 5) is 16.2. The molecule has 6 nitrogen and oxygen atoms in total. The molecule has 18 heavy (non-hydrogen) atoms. The van der Waals surface area contributed by atoms with Gasteiger partial charge >= 0.3 is 0 Å². The van der Waals surface area contributed by atoms with Crippen LogP contribution in [0.25, 0.3) is 0 Å². The van der Waals surface area contributed by atoms with E-state index >= 15 is 0 Å². The Labute approximate surface area is 106 Å². The molecule has 0 spiro atoms. The Morgan fingerprint density at radius 2 is 2.22 bits per heavy atom. The molecule has 1 aromatic rings. The van der Waals surface area contributed by atoms with E-state index in [4.69, 9.17) is 4.74 Å². The lowest BCUT2D eigenvalue weighted by atomic mass is 9.85. The average molecular weight is 250 g/mol. The summed E-state index contributed by atoms with van der Waals surface area (Å²) in [6.45, 7) is 1.98. The molecule has 3 rings (SSSR count). The fourth-order valence-electron chi connectivity index (χ4n) is 2.38. The third-order valence-corrected chi connectivity index (χ3v) is 3.75. The van der Waals surface area contributed by atoms with Crippen molar-refractivity contribution in [2.75, 3.05) is 5.32 Å². The van der Waals surface area contributed by atoms with Gasteiger partial charge in [0, 0.05) is 5.92 Å². The summed E-state index contributed by atoms with van der Waals surface area (Å²) in [6, 6.07) is 0. The summed E-state index contributed by atoms with van der Waals surface area (Å²) < 4.78 is 5.50. The van der Waals surface area contributed by atoms with Crippen LogP contribution in [0.5, 0.6) is 0 Å². The van der Waals surface area contributed by atoms with Gasteiger partial charge in [-0.3, -0.25) is 15.2 Å². The van der Waals surface area contributed by atoms with Crippen molar-refractivity contribution in [3.05, 3.63) is 5.82 Å². The Bertz CT molecular complexity index is 441. The standard InChI is InChI=1S/C12H18N4O2/c1-7-5-6-9(18-7)11(17)14-12-13-10(15-16-12)8-3-2-4-8/h7-9H,2-6H2,1H3,(H2,13,14,15,16,17)/t7-,9-/m1/s1. The van der Waals surface area contributed by atoms with Gasteiger partial charge in [-0.15, -0.1) is 5.10 Å². The number of carbonyl (C=O) groups excluding carboxylic acids is 1. The number of aromatic amines is 1. The number of carbonyl (C=O) groups is 1. The van der Waals surface area contributed by atoms with Gasteiger partial charge in [-0.2, -0.15) is 4.98 Å². The first-order valence-electron chi connectivity index (χ1n) is 6.61. The van der Waals surface area contributed by atoms with Gasteiger partial charge in [0.15, 0.2) is 0 Å². The van der Waals surface area contributed by atoms with Crippen LogP contribution in [0.15, 0.2) is 0 Å². The third kappa shape index (κ3) is 2.25. The maximum absolute atomic E-state index is 11.9. The molecule has 0 radical (unpaired) electrons. The van der Waals surface area contributed by atoms with Crippen LogP contribution in [0, 0.1) is 0 Å². The molecule has 2 fully saturated rings. The highest BCUT2D eigenvalue weighted by Crippen LogP contribution is 2.34. The van der Waals surface area contributed by atoms with Crippen LogP contribution in [-0.2, 0) is 9.53 Å². The number of hydrogen-bond donors (Lipinski definition) is 2. The minimum absolute atomic E-state index is 0.140. The molecule has 0 bridgehead atoms. The van der Waals surface area contributed by atoms with Gasteiger partial charge < -0.3 is 4.74 Å². The van der Waals surface area contributed by atoms with Crippen LogP contribution in [-0.4, -0.2) is 33.3 Å². The van der Waals surface area contributed by atoms with Gasteiger partial charge in [-0.05, 0) is 32.6 Å². The molecule has 1 aliphatic heterocycles. The molecule has 2 atom stereocenters. The van der Waals surface area contributed by atoms with E-state index in [1.54, 1.807) is 0 Å². The monoisotopic (exact) mass is 250 g/mol. The molecule has 1 saturated carbocycles. The smallest absolute Gasteiger partial charge is 0.255 e. The first kappa shape index (κ1) is 11.6. The second-order valence-electron chi connectivity index (χ2n) is 5.17. The predicted octanol–water partition coefficient (Wildman–Crippen LogP) is 1.58. The van der Waals surface area contributed by atoms with Gasteiger partial charge in [0.2, 0.25) is 5.95 Å². The lowest BCUT2D eigenvalue weighted by Crippen LogP contribution is -2.28. The zero-order chi connectivity index (χ0) is 12.5. The Morgan fingerprint density at radius 1 is 1.39 bits per heavy atom. The van der Waals surface area contributed by atoms with Crippen molar-refractivity contribution in [2.45, 2.75) is 57.2 Å². The molecule has 1 aromatic heterocycles. The Hall–Kier alpha value is -1.43. The number of aromatic nitrogens is 3. The summed E-state index contributed by atoms with van der Waals surface area (Å²) in [6.07, 6.45) is 5.08. The Kier molecular flexibility index (Phi) is 3.03. The number of hydrogen-bond acceptors (Lipinski definition) is 4. The minimum atomic E-state index is -0.356. The van der Waals surface area contributed by atoms with Crippen LogP contribution < -0.4 is 5.32 Å². The van der Waals surface area contributed by atoms with Crippen molar-refractivity contribution in [3.63, 3.8) is 0 Å². The van der Waals surface area contributed by atoms with Crippen molar-refractivity contribution >= 4 is 11.9 Å². The number of ether oxygens (including phenoxy) is 1. The topological polar surface area (TPSA) is 79.9 Å². The second-order valence-corrected chi connectivity index (χ2v) is 5.17. The largest absolute Gasteiger partial charge is 0.365 e. The molecule has 1 amide bonds. The maximum Gasteiger partial charge on any atom is 0.255 e. The van der Waals surface area contributed by atoms with E-state index < -0.39 is 0 Å². The van der Waals surface area contributed by atoms with Gasteiger partial charge in [-0.25, -0.2) is 0 Å². The summed E-state index contributed by atoms with van der Waals surface area (Å²) >= 11 is 0. The quantitative estimate of drug-likeness (QED) is 0.853. The molecular weight excluding hydrogens is 232 g/mol. The van der Waals surface area contributed by atoms with Crippen LogP contribution >= 0.6 is 0 Å². The van der Waals surface area contributed by atoms with Crippen LogP contribution in [0.2, 0.25) is 0 Å².